The smallest absolute Gasteiger partial charge is 0.297 e. The molecule has 1 aromatic heterocycles. The molecule has 0 saturated heterocycles. The molecule has 1 fully saturated rings. The third kappa shape index (κ3) is 5.94. The predicted octanol–water partition coefficient (Wildman–Crippen LogP) is 3.77. The number of para-hydroxylation sites is 1. The maximum Gasteiger partial charge on any atom is 0.297 e. The topological polar surface area (TPSA) is 97.3 Å². The van der Waals surface area contributed by atoms with Crippen molar-refractivity contribution in [1.82, 2.24) is 20.2 Å². The summed E-state index contributed by atoms with van der Waals surface area (Å²) >= 11 is 0. The van der Waals surface area contributed by atoms with Crippen molar-refractivity contribution in [3.63, 3.8) is 0 Å². The van der Waals surface area contributed by atoms with E-state index in [4.69, 9.17) is 4.74 Å². The zero-order chi connectivity index (χ0) is 25.7. The Bertz CT molecular complexity index is 1280. The number of hydrogen-bond donors (Lipinski definition) is 3. The molecule has 0 spiro atoms. The van der Waals surface area contributed by atoms with E-state index in [9.17, 15) is 9.59 Å². The largest absolute Gasteiger partial charge is 0.493 e. The van der Waals surface area contributed by atoms with Gasteiger partial charge in [-0.2, -0.15) is 0 Å². The van der Waals surface area contributed by atoms with Crippen LogP contribution in [0.3, 0.4) is 0 Å². The van der Waals surface area contributed by atoms with Crippen LogP contribution in [0.4, 0.5) is 5.82 Å². The van der Waals surface area contributed by atoms with Gasteiger partial charge in [0.2, 0.25) is 0 Å². The SMILES string of the molecule is CNCCCOc1ccccc1C(C)(C)Nc1nccn(-c2cc(C(=O)NC3CC3)ccc2C)c1=O. The van der Waals surface area contributed by atoms with E-state index in [2.05, 4.69) is 20.9 Å². The standard InChI is InChI=1S/C28H35N5O3/c1-19-10-11-20(26(34)31-21-12-13-21)18-23(19)33-16-15-30-25(27(33)35)32-28(2,3)22-8-5-6-9-24(22)36-17-7-14-29-4/h5-6,8-11,15-16,18,21,29H,7,12-14,17H2,1-4H3,(H,30,32)(H,31,34). The van der Waals surface area contributed by atoms with E-state index in [0.29, 0.717) is 17.9 Å². The Hall–Kier alpha value is -3.65. The van der Waals surface area contributed by atoms with Gasteiger partial charge in [-0.05, 0) is 77.4 Å². The average Bonchev–Trinajstić information content (AvgIpc) is 3.68. The molecule has 3 aromatic rings. The third-order valence-electron chi connectivity index (χ3n) is 6.30. The Kier molecular flexibility index (Phi) is 7.74. The summed E-state index contributed by atoms with van der Waals surface area (Å²) in [6.07, 6.45) is 6.15. The monoisotopic (exact) mass is 489 g/mol. The molecule has 0 unspecified atom stereocenters. The van der Waals surface area contributed by atoms with Crippen LogP contribution in [-0.2, 0) is 5.54 Å². The number of aryl methyl sites for hydroxylation is 1. The second-order valence-electron chi connectivity index (χ2n) is 9.75. The van der Waals surface area contributed by atoms with Crippen LogP contribution in [0.1, 0.15) is 54.6 Å². The highest BCUT2D eigenvalue weighted by Crippen LogP contribution is 2.32. The molecular formula is C28H35N5O3. The van der Waals surface area contributed by atoms with Crippen LogP contribution < -0.4 is 26.2 Å². The van der Waals surface area contributed by atoms with Gasteiger partial charge in [0.05, 0.1) is 17.8 Å². The summed E-state index contributed by atoms with van der Waals surface area (Å²) in [5, 5.41) is 9.46. The van der Waals surface area contributed by atoms with Gasteiger partial charge in [-0.3, -0.25) is 14.2 Å². The van der Waals surface area contributed by atoms with Gasteiger partial charge in [0.1, 0.15) is 5.75 Å². The lowest BCUT2D eigenvalue weighted by atomic mass is 9.93. The number of anilines is 1. The van der Waals surface area contributed by atoms with Crippen LogP contribution in [0.5, 0.6) is 5.75 Å². The summed E-state index contributed by atoms with van der Waals surface area (Å²) in [4.78, 5) is 30.5. The first-order valence-electron chi connectivity index (χ1n) is 12.4. The Morgan fingerprint density at radius 2 is 1.97 bits per heavy atom. The molecule has 1 aliphatic rings. The van der Waals surface area contributed by atoms with E-state index in [-0.39, 0.29) is 23.3 Å². The number of aromatic nitrogens is 2. The summed E-state index contributed by atoms with van der Waals surface area (Å²) in [5.74, 6) is 0.874. The molecule has 8 nitrogen and oxygen atoms in total. The van der Waals surface area contributed by atoms with Gasteiger partial charge in [-0.25, -0.2) is 4.98 Å². The van der Waals surface area contributed by atoms with Gasteiger partial charge >= 0.3 is 0 Å². The summed E-state index contributed by atoms with van der Waals surface area (Å²) in [7, 11) is 1.92. The molecular weight excluding hydrogens is 454 g/mol. The molecule has 0 atom stereocenters. The van der Waals surface area contributed by atoms with Crippen LogP contribution in [-0.4, -0.2) is 41.7 Å². The molecule has 8 heteroatoms. The summed E-state index contributed by atoms with van der Waals surface area (Å²) in [5.41, 5.74) is 2.08. The molecule has 1 aliphatic carbocycles. The second kappa shape index (κ2) is 11.0. The molecule has 4 rings (SSSR count). The van der Waals surface area contributed by atoms with Gasteiger partial charge in [0.15, 0.2) is 5.82 Å². The van der Waals surface area contributed by atoms with Crippen molar-refractivity contribution >= 4 is 11.7 Å². The van der Waals surface area contributed by atoms with Gasteiger partial charge in [0, 0.05) is 29.6 Å². The van der Waals surface area contributed by atoms with Crippen molar-refractivity contribution in [2.75, 3.05) is 25.5 Å². The maximum atomic E-state index is 13.5. The third-order valence-corrected chi connectivity index (χ3v) is 6.30. The zero-order valence-electron chi connectivity index (χ0n) is 21.4. The van der Waals surface area contributed by atoms with Gasteiger partial charge in [0.25, 0.3) is 11.5 Å². The minimum Gasteiger partial charge on any atom is -0.493 e. The van der Waals surface area contributed by atoms with E-state index < -0.39 is 5.54 Å². The van der Waals surface area contributed by atoms with E-state index in [1.54, 1.807) is 24.5 Å². The molecule has 190 valence electrons. The summed E-state index contributed by atoms with van der Waals surface area (Å²) in [6.45, 7) is 7.38. The number of amides is 1. The Morgan fingerprint density at radius 1 is 1.19 bits per heavy atom. The van der Waals surface area contributed by atoms with Crippen LogP contribution in [0.2, 0.25) is 0 Å². The number of carbonyl (C=O) groups is 1. The normalized spacial score (nSPS) is 13.3. The van der Waals surface area contributed by atoms with Gasteiger partial charge in [-0.1, -0.05) is 24.3 Å². The fourth-order valence-corrected chi connectivity index (χ4v) is 4.10. The first kappa shape index (κ1) is 25.4. The highest BCUT2D eigenvalue weighted by molar-refractivity contribution is 5.95. The quantitative estimate of drug-likeness (QED) is 0.355. The highest BCUT2D eigenvalue weighted by atomic mass is 16.5. The second-order valence-corrected chi connectivity index (χ2v) is 9.75. The molecule has 3 N–H and O–H groups in total. The lowest BCUT2D eigenvalue weighted by Crippen LogP contribution is -2.34. The van der Waals surface area contributed by atoms with Crippen molar-refractivity contribution in [2.24, 2.45) is 0 Å². The number of ether oxygens (including phenoxy) is 1. The minimum absolute atomic E-state index is 0.119. The Balaban J connectivity index is 1.60. The number of nitrogens with zero attached hydrogens (tertiary/aromatic N) is 2. The first-order chi connectivity index (χ1) is 17.3. The van der Waals surface area contributed by atoms with Crippen LogP contribution in [0.15, 0.2) is 59.7 Å². The number of hydrogen-bond acceptors (Lipinski definition) is 6. The molecule has 1 amide bonds. The molecule has 1 saturated carbocycles. The van der Waals surface area contributed by atoms with Crippen molar-refractivity contribution < 1.29 is 9.53 Å². The van der Waals surface area contributed by atoms with Crippen molar-refractivity contribution in [2.45, 2.75) is 51.6 Å². The summed E-state index contributed by atoms with van der Waals surface area (Å²) < 4.78 is 7.58. The van der Waals surface area contributed by atoms with E-state index >= 15 is 0 Å². The maximum absolute atomic E-state index is 13.5. The van der Waals surface area contributed by atoms with E-state index in [0.717, 1.165) is 42.7 Å². The number of benzene rings is 2. The lowest BCUT2D eigenvalue weighted by Gasteiger charge is -2.29. The Morgan fingerprint density at radius 3 is 2.72 bits per heavy atom. The number of nitrogens with one attached hydrogen (secondary N) is 3. The van der Waals surface area contributed by atoms with Gasteiger partial charge in [-0.15, -0.1) is 0 Å². The molecule has 1 heterocycles. The van der Waals surface area contributed by atoms with Crippen LogP contribution in [0, 0.1) is 6.92 Å². The fraction of sp³-hybridized carbons (Fsp3) is 0.393. The first-order valence-corrected chi connectivity index (χ1v) is 12.4. The molecule has 36 heavy (non-hydrogen) atoms. The van der Waals surface area contributed by atoms with Crippen molar-refractivity contribution in [3.05, 3.63) is 81.9 Å². The predicted molar refractivity (Wildman–Crippen MR) is 142 cm³/mol. The van der Waals surface area contributed by atoms with Crippen LogP contribution in [0.25, 0.3) is 5.69 Å². The molecule has 0 aliphatic heterocycles. The average molecular weight is 490 g/mol. The van der Waals surface area contributed by atoms with E-state index in [1.165, 1.54) is 4.57 Å². The van der Waals surface area contributed by atoms with E-state index in [1.807, 2.05) is 58.2 Å². The summed E-state index contributed by atoms with van der Waals surface area (Å²) in [6, 6.07) is 13.5. The number of carbonyl (C=O) groups excluding carboxylic acids is 1. The fourth-order valence-electron chi connectivity index (χ4n) is 4.10. The Labute approximate surface area is 212 Å². The zero-order valence-corrected chi connectivity index (χ0v) is 21.4. The molecule has 2 aromatic carbocycles. The van der Waals surface area contributed by atoms with Crippen molar-refractivity contribution in [3.8, 4) is 11.4 Å². The van der Waals surface area contributed by atoms with Gasteiger partial charge < -0.3 is 20.7 Å². The number of rotatable bonds is 11. The minimum atomic E-state index is -0.633. The highest BCUT2D eigenvalue weighted by Gasteiger charge is 2.27. The molecule has 0 radical (unpaired) electrons. The van der Waals surface area contributed by atoms with Crippen molar-refractivity contribution in [1.29, 1.82) is 0 Å². The van der Waals surface area contributed by atoms with Crippen LogP contribution >= 0.6 is 0 Å². The molecule has 0 bridgehead atoms. The lowest BCUT2D eigenvalue weighted by molar-refractivity contribution is 0.0951.